The van der Waals surface area contributed by atoms with Crippen molar-refractivity contribution in [1.82, 2.24) is 4.98 Å². The van der Waals surface area contributed by atoms with Gasteiger partial charge in [0, 0.05) is 12.7 Å². The molecule has 0 radical (unpaired) electrons. The number of methoxy groups -OCH3 is 2. The second-order valence-electron chi connectivity index (χ2n) is 6.16. The summed E-state index contributed by atoms with van der Waals surface area (Å²) in [5.74, 6) is 1.09. The van der Waals surface area contributed by atoms with E-state index in [1.54, 1.807) is 32.4 Å². The first-order chi connectivity index (χ1) is 13.3. The molecule has 9 heteroatoms. The molecule has 0 aliphatic heterocycles. The molecule has 0 atom stereocenters. The summed E-state index contributed by atoms with van der Waals surface area (Å²) in [5, 5.41) is 3.22. The van der Waals surface area contributed by atoms with E-state index in [0.29, 0.717) is 33.3 Å². The average Bonchev–Trinajstić information content (AvgIpc) is 3.06. The zero-order chi connectivity index (χ0) is 20.3. The van der Waals surface area contributed by atoms with Crippen LogP contribution in [-0.4, -0.2) is 39.8 Å². The third-order valence-electron chi connectivity index (χ3n) is 4.12. The van der Waals surface area contributed by atoms with Gasteiger partial charge in [-0.15, -0.1) is 0 Å². The molecule has 3 rings (SSSR count). The number of aryl methyl sites for hydroxylation is 1. The number of thiazole rings is 1. The summed E-state index contributed by atoms with van der Waals surface area (Å²) in [5.41, 5.74) is 1.60. The van der Waals surface area contributed by atoms with Crippen LogP contribution < -0.4 is 14.8 Å². The first-order valence-corrected chi connectivity index (χ1v) is 11.1. The van der Waals surface area contributed by atoms with Crippen molar-refractivity contribution in [3.05, 3.63) is 42.0 Å². The van der Waals surface area contributed by atoms with E-state index in [0.717, 1.165) is 11.8 Å². The fourth-order valence-electron chi connectivity index (χ4n) is 2.66. The number of rotatable bonds is 7. The standard InChI is InChI=1S/C19H20N2O5S2/c1-25-15-8-4-12(10-16(15)26-2)5-9-18(22)21-19-20-14-7-6-13(28(3,23)24)11-17(14)27-19/h4,6-8,10-11H,5,9H2,1-3H3,(H,20,21,22). The van der Waals surface area contributed by atoms with Crippen molar-refractivity contribution >= 4 is 42.4 Å². The smallest absolute Gasteiger partial charge is 0.226 e. The van der Waals surface area contributed by atoms with Gasteiger partial charge in [0.15, 0.2) is 26.5 Å². The van der Waals surface area contributed by atoms with Gasteiger partial charge in [0.25, 0.3) is 0 Å². The number of aromatic nitrogens is 1. The molecule has 1 aromatic heterocycles. The van der Waals surface area contributed by atoms with Gasteiger partial charge in [0.05, 0.1) is 29.3 Å². The van der Waals surface area contributed by atoms with Gasteiger partial charge in [0.2, 0.25) is 5.91 Å². The lowest BCUT2D eigenvalue weighted by Gasteiger charge is -2.09. The fourth-order valence-corrected chi connectivity index (χ4v) is 4.31. The summed E-state index contributed by atoms with van der Waals surface area (Å²) >= 11 is 1.24. The largest absolute Gasteiger partial charge is 0.493 e. The van der Waals surface area contributed by atoms with E-state index in [1.165, 1.54) is 17.4 Å². The van der Waals surface area contributed by atoms with Crippen LogP contribution in [-0.2, 0) is 21.1 Å². The number of sulfone groups is 1. The SMILES string of the molecule is COc1ccc(CCC(=O)Nc2nc3ccc(S(C)(=O)=O)cc3s2)cc1OC. The number of hydrogen-bond donors (Lipinski definition) is 1. The number of hydrogen-bond acceptors (Lipinski definition) is 7. The Morgan fingerprint density at radius 3 is 2.54 bits per heavy atom. The van der Waals surface area contributed by atoms with Gasteiger partial charge in [-0.25, -0.2) is 13.4 Å². The molecular weight excluding hydrogens is 400 g/mol. The lowest BCUT2D eigenvalue weighted by Crippen LogP contribution is -2.12. The predicted molar refractivity (Wildman–Crippen MR) is 109 cm³/mol. The monoisotopic (exact) mass is 420 g/mol. The molecule has 3 aromatic rings. The van der Waals surface area contributed by atoms with Crippen LogP contribution in [0.3, 0.4) is 0 Å². The summed E-state index contributed by atoms with van der Waals surface area (Å²) in [4.78, 5) is 16.8. The lowest BCUT2D eigenvalue weighted by molar-refractivity contribution is -0.116. The molecule has 148 valence electrons. The Hall–Kier alpha value is -2.65. The van der Waals surface area contributed by atoms with Crippen molar-refractivity contribution in [3.63, 3.8) is 0 Å². The molecule has 1 amide bonds. The number of carbonyl (C=O) groups excluding carboxylic acids is 1. The Morgan fingerprint density at radius 2 is 1.86 bits per heavy atom. The molecule has 0 bridgehead atoms. The third kappa shape index (κ3) is 4.60. The number of amides is 1. The van der Waals surface area contributed by atoms with Gasteiger partial charge < -0.3 is 14.8 Å². The minimum atomic E-state index is -3.29. The molecule has 0 aliphatic carbocycles. The van der Waals surface area contributed by atoms with Crippen LogP contribution in [0.5, 0.6) is 11.5 Å². The number of ether oxygens (including phenoxy) is 2. The average molecular weight is 421 g/mol. The summed E-state index contributed by atoms with van der Waals surface area (Å²) in [6.07, 6.45) is 1.97. The summed E-state index contributed by atoms with van der Waals surface area (Å²) in [6.45, 7) is 0. The summed E-state index contributed by atoms with van der Waals surface area (Å²) in [6, 6.07) is 10.3. The molecular formula is C19H20N2O5S2. The normalized spacial score (nSPS) is 11.4. The summed E-state index contributed by atoms with van der Waals surface area (Å²) in [7, 11) is -0.148. The van der Waals surface area contributed by atoms with Crippen molar-refractivity contribution in [2.45, 2.75) is 17.7 Å². The molecule has 1 heterocycles. The van der Waals surface area contributed by atoms with Gasteiger partial charge in [-0.1, -0.05) is 17.4 Å². The van der Waals surface area contributed by atoms with Crippen LogP contribution >= 0.6 is 11.3 Å². The van der Waals surface area contributed by atoms with E-state index in [9.17, 15) is 13.2 Å². The topological polar surface area (TPSA) is 94.6 Å². The van der Waals surface area contributed by atoms with E-state index in [4.69, 9.17) is 9.47 Å². The third-order valence-corrected chi connectivity index (χ3v) is 6.17. The van der Waals surface area contributed by atoms with Gasteiger partial charge in [0.1, 0.15) is 0 Å². The number of anilines is 1. The quantitative estimate of drug-likeness (QED) is 0.630. The lowest BCUT2D eigenvalue weighted by atomic mass is 10.1. The van der Waals surface area contributed by atoms with E-state index in [1.807, 2.05) is 12.1 Å². The van der Waals surface area contributed by atoms with Gasteiger partial charge in [-0.05, 0) is 42.3 Å². The Kier molecular flexibility index (Phi) is 5.85. The van der Waals surface area contributed by atoms with Crippen molar-refractivity contribution in [2.24, 2.45) is 0 Å². The highest BCUT2D eigenvalue weighted by atomic mass is 32.2. The molecule has 0 saturated carbocycles. The maximum absolute atomic E-state index is 12.3. The number of nitrogens with one attached hydrogen (secondary N) is 1. The highest BCUT2D eigenvalue weighted by Gasteiger charge is 2.13. The van der Waals surface area contributed by atoms with Gasteiger partial charge in [-0.2, -0.15) is 0 Å². The minimum Gasteiger partial charge on any atom is -0.493 e. The minimum absolute atomic E-state index is 0.169. The number of nitrogens with zero attached hydrogens (tertiary/aromatic N) is 1. The summed E-state index contributed by atoms with van der Waals surface area (Å²) < 4.78 is 34.5. The zero-order valence-corrected chi connectivity index (χ0v) is 17.3. The van der Waals surface area contributed by atoms with Crippen molar-refractivity contribution in [1.29, 1.82) is 0 Å². The van der Waals surface area contributed by atoms with E-state index in [2.05, 4.69) is 10.3 Å². The van der Waals surface area contributed by atoms with Crippen molar-refractivity contribution < 1.29 is 22.7 Å². The van der Waals surface area contributed by atoms with Crippen LogP contribution in [0.2, 0.25) is 0 Å². The van der Waals surface area contributed by atoms with Crippen LogP contribution in [0.4, 0.5) is 5.13 Å². The molecule has 0 fully saturated rings. The first-order valence-electron chi connectivity index (χ1n) is 8.41. The molecule has 1 N–H and O–H groups in total. The van der Waals surface area contributed by atoms with Gasteiger partial charge >= 0.3 is 0 Å². The Morgan fingerprint density at radius 1 is 1.11 bits per heavy atom. The van der Waals surface area contributed by atoms with Gasteiger partial charge in [-0.3, -0.25) is 4.79 Å². The Labute approximate surface area is 167 Å². The zero-order valence-electron chi connectivity index (χ0n) is 15.7. The molecule has 28 heavy (non-hydrogen) atoms. The van der Waals surface area contributed by atoms with Crippen molar-refractivity contribution in [3.8, 4) is 11.5 Å². The van der Waals surface area contributed by atoms with Crippen LogP contribution in [0.15, 0.2) is 41.3 Å². The maximum atomic E-state index is 12.3. The van der Waals surface area contributed by atoms with E-state index in [-0.39, 0.29) is 17.2 Å². The number of carbonyl (C=O) groups is 1. The maximum Gasteiger partial charge on any atom is 0.226 e. The van der Waals surface area contributed by atoms with E-state index < -0.39 is 9.84 Å². The highest BCUT2D eigenvalue weighted by Crippen LogP contribution is 2.29. The predicted octanol–water partition coefficient (Wildman–Crippen LogP) is 3.29. The Balaban J connectivity index is 1.66. The first kappa shape index (κ1) is 20.1. The second kappa shape index (κ2) is 8.15. The van der Waals surface area contributed by atoms with Crippen LogP contribution in [0.1, 0.15) is 12.0 Å². The Bertz CT molecular complexity index is 1120. The molecule has 0 aliphatic rings. The fraction of sp³-hybridized carbons (Fsp3) is 0.263. The molecule has 0 saturated heterocycles. The van der Waals surface area contributed by atoms with Crippen LogP contribution in [0.25, 0.3) is 10.2 Å². The van der Waals surface area contributed by atoms with Crippen LogP contribution in [0, 0.1) is 0 Å². The highest BCUT2D eigenvalue weighted by molar-refractivity contribution is 7.90. The van der Waals surface area contributed by atoms with E-state index >= 15 is 0 Å². The van der Waals surface area contributed by atoms with Crippen molar-refractivity contribution in [2.75, 3.05) is 25.8 Å². The number of fused-ring (bicyclic) bond motifs is 1. The number of benzene rings is 2. The molecule has 7 nitrogen and oxygen atoms in total. The molecule has 0 spiro atoms. The molecule has 0 unspecified atom stereocenters. The molecule has 2 aromatic carbocycles. The second-order valence-corrected chi connectivity index (χ2v) is 9.20.